The van der Waals surface area contributed by atoms with Crippen molar-refractivity contribution < 1.29 is 52.8 Å². The summed E-state index contributed by atoms with van der Waals surface area (Å²) in [5.74, 6) is -11.0. The molecule has 0 fully saturated rings. The van der Waals surface area contributed by atoms with Crippen LogP contribution in [0.2, 0.25) is 12.1 Å². The molecule has 0 radical (unpaired) electrons. The lowest BCUT2D eigenvalue weighted by molar-refractivity contribution is -0.280. The zero-order valence-corrected chi connectivity index (χ0v) is 11.5. The van der Waals surface area contributed by atoms with Crippen LogP contribution in [0.5, 0.6) is 0 Å². The molecule has 0 aliphatic carbocycles. The highest BCUT2D eigenvalue weighted by atomic mass is 28.4. The molecule has 0 aromatic heterocycles. The van der Waals surface area contributed by atoms with E-state index in [2.05, 4.69) is 8.85 Å². The first-order chi connectivity index (χ1) is 9.04. The molecule has 0 unspecified atom stereocenters. The van der Waals surface area contributed by atoms with Crippen LogP contribution in [0.3, 0.4) is 0 Å². The SMILES string of the molecule is CO[Si](CC(F)(F)C(F)(F)F)(CC(F)(F)C(F)(F)F)OC. The lowest BCUT2D eigenvalue weighted by Gasteiger charge is -2.34. The molecule has 0 aromatic rings. The van der Waals surface area contributed by atoms with Gasteiger partial charge in [-0.3, -0.25) is 0 Å². The molecule has 0 aliphatic rings. The van der Waals surface area contributed by atoms with E-state index in [0.29, 0.717) is 14.2 Å². The van der Waals surface area contributed by atoms with Gasteiger partial charge in [0.05, 0.1) is 12.1 Å². The van der Waals surface area contributed by atoms with Crippen molar-refractivity contribution in [3.05, 3.63) is 0 Å². The lowest BCUT2D eigenvalue weighted by Crippen LogP contribution is -2.55. The van der Waals surface area contributed by atoms with Gasteiger partial charge in [0.2, 0.25) is 0 Å². The fourth-order valence-electron chi connectivity index (χ4n) is 1.31. The van der Waals surface area contributed by atoms with Gasteiger partial charge in [-0.05, 0) is 0 Å². The van der Waals surface area contributed by atoms with Gasteiger partial charge in [-0.25, -0.2) is 0 Å². The maximum atomic E-state index is 12.9. The summed E-state index contributed by atoms with van der Waals surface area (Å²) in [6.45, 7) is 0. The number of rotatable bonds is 6. The van der Waals surface area contributed by atoms with Gasteiger partial charge >= 0.3 is 32.8 Å². The average molecular weight is 356 g/mol. The number of halogens is 10. The second kappa shape index (κ2) is 5.91. The van der Waals surface area contributed by atoms with E-state index in [1.165, 1.54) is 0 Å². The zero-order valence-electron chi connectivity index (χ0n) is 10.5. The molecule has 0 aromatic carbocycles. The Morgan fingerprint density at radius 2 is 0.857 bits per heavy atom. The molecule has 0 aliphatic heterocycles. The van der Waals surface area contributed by atoms with Crippen LogP contribution >= 0.6 is 0 Å². The summed E-state index contributed by atoms with van der Waals surface area (Å²) in [6, 6.07) is -4.83. The first-order valence-corrected chi connectivity index (χ1v) is 7.26. The van der Waals surface area contributed by atoms with Crippen LogP contribution in [0.15, 0.2) is 0 Å². The summed E-state index contributed by atoms with van der Waals surface area (Å²) in [4.78, 5) is 0. The molecule has 0 bridgehead atoms. The highest BCUT2D eigenvalue weighted by Gasteiger charge is 2.68. The predicted octanol–water partition coefficient (Wildman–Crippen LogP) is 4.12. The van der Waals surface area contributed by atoms with Crippen molar-refractivity contribution in [1.82, 2.24) is 0 Å². The van der Waals surface area contributed by atoms with Crippen LogP contribution in [0, 0.1) is 0 Å². The van der Waals surface area contributed by atoms with E-state index in [1.54, 1.807) is 0 Å². The molecule has 128 valence electrons. The molecule has 0 spiro atoms. The molecule has 0 atom stereocenters. The van der Waals surface area contributed by atoms with Crippen LogP contribution in [-0.4, -0.2) is 47.0 Å². The van der Waals surface area contributed by atoms with E-state index >= 15 is 0 Å². The minimum Gasteiger partial charge on any atom is -0.397 e. The Morgan fingerprint density at radius 3 is 1.00 bits per heavy atom. The monoisotopic (exact) mass is 356 g/mol. The third-order valence-electron chi connectivity index (χ3n) is 2.56. The van der Waals surface area contributed by atoms with E-state index in [0.717, 1.165) is 0 Å². The topological polar surface area (TPSA) is 18.5 Å². The van der Waals surface area contributed by atoms with Crippen LogP contribution in [0.25, 0.3) is 0 Å². The number of hydrogen-bond acceptors (Lipinski definition) is 2. The van der Waals surface area contributed by atoms with Crippen molar-refractivity contribution >= 4 is 8.56 Å². The molecule has 13 heteroatoms. The van der Waals surface area contributed by atoms with Crippen molar-refractivity contribution in [3.63, 3.8) is 0 Å². The maximum absolute atomic E-state index is 12.9. The molecular weight excluding hydrogens is 346 g/mol. The quantitative estimate of drug-likeness (QED) is 0.527. The van der Waals surface area contributed by atoms with Crippen LogP contribution in [0.4, 0.5) is 43.9 Å². The lowest BCUT2D eigenvalue weighted by atomic mass is 10.4. The largest absolute Gasteiger partial charge is 0.453 e. The molecule has 2 nitrogen and oxygen atoms in total. The third kappa shape index (κ3) is 4.71. The highest BCUT2D eigenvalue weighted by molar-refractivity contribution is 6.67. The van der Waals surface area contributed by atoms with Crippen molar-refractivity contribution in [2.24, 2.45) is 0 Å². The first-order valence-electron chi connectivity index (χ1n) is 5.03. The van der Waals surface area contributed by atoms with E-state index < -0.39 is 44.8 Å². The van der Waals surface area contributed by atoms with E-state index in [-0.39, 0.29) is 0 Å². The Hall–Kier alpha value is -0.563. The smallest absolute Gasteiger partial charge is 0.397 e. The second-order valence-corrected chi connectivity index (χ2v) is 7.42. The normalized spacial score (nSPS) is 15.4. The minimum atomic E-state index is -6.13. The molecule has 0 rings (SSSR count). The molecule has 0 N–H and O–H groups in total. The van der Waals surface area contributed by atoms with Gasteiger partial charge in [0.15, 0.2) is 0 Å². The molecule has 0 saturated carbocycles. The Morgan fingerprint density at radius 1 is 0.619 bits per heavy atom. The fourth-order valence-corrected chi connectivity index (χ4v) is 3.93. The van der Waals surface area contributed by atoms with Gasteiger partial charge in [-0.1, -0.05) is 0 Å². The Labute approximate surface area is 113 Å². The Bertz CT molecular complexity index is 316. The summed E-state index contributed by atoms with van der Waals surface area (Å²) in [6.07, 6.45) is -12.3. The van der Waals surface area contributed by atoms with Crippen LogP contribution < -0.4 is 0 Å². The number of alkyl halides is 10. The summed E-state index contributed by atoms with van der Waals surface area (Å²) < 4.78 is 132. The molecule has 0 amide bonds. The molecular formula is C8H10F10O2Si. The van der Waals surface area contributed by atoms with Crippen LogP contribution in [0.1, 0.15) is 0 Å². The zero-order chi connectivity index (χ0) is 17.3. The maximum Gasteiger partial charge on any atom is 0.453 e. The van der Waals surface area contributed by atoms with Gasteiger partial charge in [-0.15, -0.1) is 0 Å². The average Bonchev–Trinajstić information content (AvgIpc) is 2.24. The van der Waals surface area contributed by atoms with Crippen molar-refractivity contribution in [2.45, 2.75) is 36.3 Å². The third-order valence-corrected chi connectivity index (χ3v) is 6.01. The standard InChI is InChI=1S/C8H10F10O2Si/c1-19-21(20-2,3-5(9,10)7(13,14)15)4-6(11,12)8(16,17)18/h3-4H2,1-2H3. The van der Waals surface area contributed by atoms with Gasteiger partial charge in [-0.2, -0.15) is 43.9 Å². The molecule has 0 saturated heterocycles. The van der Waals surface area contributed by atoms with Gasteiger partial charge in [0.1, 0.15) is 0 Å². The van der Waals surface area contributed by atoms with Crippen molar-refractivity contribution in [1.29, 1.82) is 0 Å². The highest BCUT2D eigenvalue weighted by Crippen LogP contribution is 2.47. The van der Waals surface area contributed by atoms with Gasteiger partial charge < -0.3 is 8.85 Å². The molecule has 21 heavy (non-hydrogen) atoms. The summed E-state index contributed by atoms with van der Waals surface area (Å²) in [5, 5.41) is 0. The van der Waals surface area contributed by atoms with E-state index in [4.69, 9.17) is 0 Å². The predicted molar refractivity (Wildman–Crippen MR) is 51.4 cm³/mol. The van der Waals surface area contributed by atoms with E-state index in [1.807, 2.05) is 0 Å². The Kier molecular flexibility index (Phi) is 5.75. The summed E-state index contributed by atoms with van der Waals surface area (Å²) in [7, 11) is -4.30. The second-order valence-electron chi connectivity index (χ2n) is 4.08. The molecule has 0 heterocycles. The Balaban J connectivity index is 5.48. The summed E-state index contributed by atoms with van der Waals surface area (Å²) >= 11 is 0. The first kappa shape index (κ1) is 20.4. The van der Waals surface area contributed by atoms with Gasteiger partial charge in [0, 0.05) is 14.2 Å². The fraction of sp³-hybridized carbons (Fsp3) is 1.00. The minimum absolute atomic E-state index is 0.439. The number of hydrogen-bond donors (Lipinski definition) is 0. The van der Waals surface area contributed by atoms with Crippen LogP contribution in [-0.2, 0) is 8.85 Å². The van der Waals surface area contributed by atoms with Crippen molar-refractivity contribution in [2.75, 3.05) is 14.2 Å². The summed E-state index contributed by atoms with van der Waals surface area (Å²) in [5.41, 5.74) is 0. The van der Waals surface area contributed by atoms with E-state index in [9.17, 15) is 43.9 Å². The van der Waals surface area contributed by atoms with Crippen molar-refractivity contribution in [3.8, 4) is 0 Å². The van der Waals surface area contributed by atoms with Gasteiger partial charge in [0.25, 0.3) is 0 Å².